The van der Waals surface area contributed by atoms with Crippen molar-refractivity contribution in [2.45, 2.75) is 31.1 Å². The SMILES string of the molecule is CC(CN1CCc2ccc(Nc3ncc4c(n3)SCN(c3c(Cl)cccc3Cl)C4=O)cc2C1)C(F)(F)F. The van der Waals surface area contributed by atoms with Crippen molar-refractivity contribution in [2.24, 2.45) is 5.92 Å². The van der Waals surface area contributed by atoms with Gasteiger partial charge in [0.05, 0.1) is 33.1 Å². The van der Waals surface area contributed by atoms with E-state index in [1.807, 2.05) is 23.1 Å². The molecule has 2 aliphatic heterocycles. The van der Waals surface area contributed by atoms with Crippen LogP contribution in [-0.4, -0.2) is 45.9 Å². The molecule has 1 aromatic heterocycles. The van der Waals surface area contributed by atoms with Gasteiger partial charge in [0, 0.05) is 31.5 Å². The summed E-state index contributed by atoms with van der Waals surface area (Å²) in [7, 11) is 0. The van der Waals surface area contributed by atoms with Crippen LogP contribution in [0.15, 0.2) is 47.6 Å². The van der Waals surface area contributed by atoms with E-state index in [0.29, 0.717) is 51.8 Å². The summed E-state index contributed by atoms with van der Waals surface area (Å²) in [4.78, 5) is 25.3. The molecule has 1 N–H and O–H groups in total. The van der Waals surface area contributed by atoms with E-state index in [2.05, 4.69) is 15.3 Å². The van der Waals surface area contributed by atoms with Gasteiger partial charge in [0.1, 0.15) is 5.03 Å². The summed E-state index contributed by atoms with van der Waals surface area (Å²) in [6.07, 6.45) is -2.04. The molecule has 1 unspecified atom stereocenters. The molecular formula is C25H22Cl2F3N5OS. The van der Waals surface area contributed by atoms with Crippen molar-refractivity contribution in [3.63, 3.8) is 0 Å². The van der Waals surface area contributed by atoms with Crippen LogP contribution in [0.4, 0.5) is 30.5 Å². The molecule has 12 heteroatoms. The number of amides is 1. The van der Waals surface area contributed by atoms with E-state index >= 15 is 0 Å². The number of nitrogens with one attached hydrogen (secondary N) is 1. The minimum atomic E-state index is -4.20. The molecular weight excluding hydrogens is 546 g/mol. The molecule has 0 aliphatic carbocycles. The molecule has 3 aromatic rings. The third-order valence-corrected chi connectivity index (χ3v) is 7.99. The van der Waals surface area contributed by atoms with E-state index in [0.717, 1.165) is 16.8 Å². The molecule has 0 saturated heterocycles. The van der Waals surface area contributed by atoms with Crippen LogP contribution in [0.1, 0.15) is 28.4 Å². The van der Waals surface area contributed by atoms with Gasteiger partial charge in [0.2, 0.25) is 5.95 Å². The molecule has 2 aliphatic rings. The van der Waals surface area contributed by atoms with Crippen LogP contribution in [-0.2, 0) is 13.0 Å². The lowest BCUT2D eigenvalue weighted by molar-refractivity contribution is -0.174. The summed E-state index contributed by atoms with van der Waals surface area (Å²) >= 11 is 14.0. The first-order chi connectivity index (χ1) is 17.6. The maximum Gasteiger partial charge on any atom is 0.392 e. The van der Waals surface area contributed by atoms with Crippen LogP contribution in [0.5, 0.6) is 0 Å². The number of nitrogens with zero attached hydrogens (tertiary/aromatic N) is 4. The Kier molecular flexibility index (Phi) is 7.28. The van der Waals surface area contributed by atoms with Gasteiger partial charge in [0.15, 0.2) is 0 Å². The monoisotopic (exact) mass is 567 g/mol. The first-order valence-electron chi connectivity index (χ1n) is 11.5. The Morgan fingerprint density at radius 1 is 1.16 bits per heavy atom. The molecule has 37 heavy (non-hydrogen) atoms. The van der Waals surface area contributed by atoms with Crippen molar-refractivity contribution in [1.82, 2.24) is 14.9 Å². The number of thioether (sulfide) groups is 1. The van der Waals surface area contributed by atoms with Crippen LogP contribution in [0, 0.1) is 5.92 Å². The van der Waals surface area contributed by atoms with Crippen LogP contribution in [0.25, 0.3) is 0 Å². The molecule has 0 spiro atoms. The number of hydrogen-bond donors (Lipinski definition) is 1. The van der Waals surface area contributed by atoms with Crippen molar-refractivity contribution in [3.8, 4) is 0 Å². The molecule has 0 radical (unpaired) electrons. The van der Waals surface area contributed by atoms with Crippen LogP contribution >= 0.6 is 35.0 Å². The number of aromatic nitrogens is 2. The average Bonchev–Trinajstić information content (AvgIpc) is 2.84. The van der Waals surface area contributed by atoms with Crippen LogP contribution < -0.4 is 10.2 Å². The number of carbonyl (C=O) groups is 1. The molecule has 1 amide bonds. The summed E-state index contributed by atoms with van der Waals surface area (Å²) in [5, 5.41) is 4.45. The zero-order valence-corrected chi connectivity index (χ0v) is 22.0. The molecule has 0 bridgehead atoms. The Balaban J connectivity index is 1.31. The summed E-state index contributed by atoms with van der Waals surface area (Å²) in [6.45, 7) is 2.22. The lowest BCUT2D eigenvalue weighted by Gasteiger charge is -2.31. The zero-order chi connectivity index (χ0) is 26.3. The lowest BCUT2D eigenvalue weighted by atomic mass is 9.98. The van der Waals surface area contributed by atoms with E-state index in [4.69, 9.17) is 23.2 Å². The van der Waals surface area contributed by atoms with E-state index in [1.54, 1.807) is 18.2 Å². The molecule has 1 atom stereocenters. The highest BCUT2D eigenvalue weighted by atomic mass is 35.5. The Morgan fingerprint density at radius 3 is 2.65 bits per heavy atom. The smallest absolute Gasteiger partial charge is 0.324 e. The second-order valence-electron chi connectivity index (χ2n) is 9.03. The summed E-state index contributed by atoms with van der Waals surface area (Å²) in [5.41, 5.74) is 3.61. The van der Waals surface area contributed by atoms with E-state index in [1.165, 1.54) is 29.8 Å². The highest BCUT2D eigenvalue weighted by Gasteiger charge is 2.37. The first kappa shape index (κ1) is 26.1. The van der Waals surface area contributed by atoms with Gasteiger partial charge in [-0.25, -0.2) is 9.97 Å². The number of carbonyl (C=O) groups excluding carboxylic acids is 1. The van der Waals surface area contributed by atoms with Gasteiger partial charge < -0.3 is 5.32 Å². The van der Waals surface area contributed by atoms with Gasteiger partial charge in [0.25, 0.3) is 5.91 Å². The number of anilines is 3. The Bertz CT molecular complexity index is 1340. The second-order valence-corrected chi connectivity index (χ2v) is 10.8. The average molecular weight is 568 g/mol. The van der Waals surface area contributed by atoms with Crippen molar-refractivity contribution in [1.29, 1.82) is 0 Å². The summed E-state index contributed by atoms with van der Waals surface area (Å²) in [5.74, 6) is -1.07. The fourth-order valence-corrected chi connectivity index (χ4v) is 5.94. The first-order valence-corrected chi connectivity index (χ1v) is 13.3. The van der Waals surface area contributed by atoms with Gasteiger partial charge in [-0.1, -0.05) is 54.0 Å². The van der Waals surface area contributed by atoms with Gasteiger partial charge >= 0.3 is 6.18 Å². The number of halogens is 5. The molecule has 0 fully saturated rings. The van der Waals surface area contributed by atoms with Crippen molar-refractivity contribution >= 4 is 58.2 Å². The van der Waals surface area contributed by atoms with Gasteiger partial charge in [-0.2, -0.15) is 13.2 Å². The Labute approximate surface area is 226 Å². The number of fused-ring (bicyclic) bond motifs is 2. The number of rotatable bonds is 5. The van der Waals surface area contributed by atoms with Gasteiger partial charge in [-0.3, -0.25) is 14.6 Å². The van der Waals surface area contributed by atoms with Crippen molar-refractivity contribution in [3.05, 3.63) is 69.3 Å². The van der Waals surface area contributed by atoms with Crippen LogP contribution in [0.2, 0.25) is 10.0 Å². The summed E-state index contributed by atoms with van der Waals surface area (Å²) < 4.78 is 39.0. The Morgan fingerprint density at radius 2 is 1.92 bits per heavy atom. The second kappa shape index (κ2) is 10.3. The van der Waals surface area contributed by atoms with Crippen LogP contribution in [0.3, 0.4) is 0 Å². The maximum atomic E-state index is 13.1. The predicted octanol–water partition coefficient (Wildman–Crippen LogP) is 6.79. The van der Waals surface area contributed by atoms with Crippen molar-refractivity contribution in [2.75, 3.05) is 29.2 Å². The molecule has 6 nitrogen and oxygen atoms in total. The number of para-hydroxylation sites is 1. The lowest BCUT2D eigenvalue weighted by Crippen LogP contribution is -2.38. The highest BCUT2D eigenvalue weighted by Crippen LogP contribution is 2.39. The molecule has 2 aromatic carbocycles. The van der Waals surface area contributed by atoms with Gasteiger partial charge in [-0.15, -0.1) is 0 Å². The fourth-order valence-electron chi connectivity index (χ4n) is 4.39. The normalized spacial score (nSPS) is 16.8. The summed E-state index contributed by atoms with van der Waals surface area (Å²) in [6, 6.07) is 10.9. The number of alkyl halides is 3. The van der Waals surface area contributed by atoms with Crippen molar-refractivity contribution < 1.29 is 18.0 Å². The molecule has 0 saturated carbocycles. The quantitative estimate of drug-likeness (QED) is 0.342. The molecule has 5 rings (SSSR count). The fraction of sp³-hybridized carbons (Fsp3) is 0.320. The topological polar surface area (TPSA) is 61.4 Å². The Hall–Kier alpha value is -2.53. The number of hydrogen-bond acceptors (Lipinski definition) is 6. The van der Waals surface area contributed by atoms with E-state index in [9.17, 15) is 18.0 Å². The highest BCUT2D eigenvalue weighted by molar-refractivity contribution is 7.99. The minimum Gasteiger partial charge on any atom is -0.324 e. The van der Waals surface area contributed by atoms with E-state index in [-0.39, 0.29) is 18.3 Å². The maximum absolute atomic E-state index is 13.1. The molecule has 3 heterocycles. The minimum absolute atomic E-state index is 0.0315. The van der Waals surface area contributed by atoms with E-state index < -0.39 is 12.1 Å². The van der Waals surface area contributed by atoms with Gasteiger partial charge in [-0.05, 0) is 41.8 Å². The zero-order valence-electron chi connectivity index (χ0n) is 19.6. The number of benzene rings is 2. The predicted molar refractivity (Wildman–Crippen MR) is 140 cm³/mol. The standard InChI is InChI=1S/C25H22Cl2F3N5OS/c1-14(25(28,29)30)11-34-8-7-15-5-6-17(9-16(15)12-34)32-24-31-10-18-22(33-24)37-13-35(23(18)36)21-19(26)3-2-4-20(21)27/h2-6,9-10,14H,7-8,11-13H2,1H3,(H,31,32,33). The largest absolute Gasteiger partial charge is 0.392 e. The third-order valence-electron chi connectivity index (χ3n) is 6.41. The molecule has 194 valence electrons. The third kappa shape index (κ3) is 5.52.